The molecular weight excluding hydrogens is 442 g/mol. The lowest BCUT2D eigenvalue weighted by atomic mass is 10.0. The average Bonchev–Trinajstić information content (AvgIpc) is 3.27. The van der Waals surface area contributed by atoms with Crippen LogP contribution in [0.1, 0.15) is 20.0 Å². The van der Waals surface area contributed by atoms with Gasteiger partial charge in [0, 0.05) is 11.1 Å². The molecule has 0 spiro atoms. The number of aromatic hydroxyl groups is 1. The van der Waals surface area contributed by atoms with Crippen molar-refractivity contribution in [3.05, 3.63) is 76.5 Å². The number of amides is 1. The highest BCUT2D eigenvalue weighted by molar-refractivity contribution is 7.12. The van der Waals surface area contributed by atoms with E-state index in [0.717, 1.165) is 5.39 Å². The number of nitrogens with one attached hydrogen (secondary N) is 1. The molecule has 8 nitrogen and oxygen atoms in total. The number of rotatable bonds is 4. The highest BCUT2D eigenvalue weighted by Gasteiger charge is 2.16. The first-order valence-corrected chi connectivity index (χ1v) is 10.6. The summed E-state index contributed by atoms with van der Waals surface area (Å²) in [5.41, 5.74) is 12.8. The van der Waals surface area contributed by atoms with Crippen molar-refractivity contribution in [2.45, 2.75) is 0 Å². The van der Waals surface area contributed by atoms with E-state index in [1.165, 1.54) is 18.4 Å². The Bertz CT molecular complexity index is 1290. The summed E-state index contributed by atoms with van der Waals surface area (Å²) in [5.74, 6) is -0.312. The van der Waals surface area contributed by atoms with Crippen LogP contribution in [-0.4, -0.2) is 31.2 Å². The van der Waals surface area contributed by atoms with E-state index in [9.17, 15) is 14.7 Å². The molecule has 0 saturated heterocycles. The number of hydrogen-bond donors (Lipinski definition) is 4. The lowest BCUT2D eigenvalue weighted by Crippen LogP contribution is -2.12. The number of phenolic OH excluding ortho intramolecular Hbond substituents is 1. The third-order valence-corrected chi connectivity index (χ3v) is 5.63. The van der Waals surface area contributed by atoms with E-state index in [4.69, 9.17) is 16.2 Å². The molecule has 0 aliphatic carbocycles. The van der Waals surface area contributed by atoms with Gasteiger partial charge in [0.1, 0.15) is 10.6 Å². The minimum atomic E-state index is -0.426. The molecule has 3 aromatic carbocycles. The Balaban J connectivity index is 0.000000257. The maximum absolute atomic E-state index is 12.4. The Hall–Kier alpha value is -4.24. The number of ether oxygens (including phenoxy) is 2. The van der Waals surface area contributed by atoms with Gasteiger partial charge in [0.05, 0.1) is 31.2 Å². The number of phenols is 1. The molecule has 0 bridgehead atoms. The number of fused-ring (bicyclic) bond motifs is 1. The van der Waals surface area contributed by atoms with Crippen LogP contribution >= 0.6 is 11.3 Å². The second-order valence-corrected chi connectivity index (χ2v) is 7.70. The van der Waals surface area contributed by atoms with Crippen molar-refractivity contribution in [1.82, 2.24) is 0 Å². The minimum Gasteiger partial charge on any atom is -0.505 e. The monoisotopic (exact) mass is 465 g/mol. The van der Waals surface area contributed by atoms with Gasteiger partial charge in [-0.1, -0.05) is 24.3 Å². The van der Waals surface area contributed by atoms with Crippen molar-refractivity contribution in [2.75, 3.05) is 31.0 Å². The van der Waals surface area contributed by atoms with Crippen LogP contribution in [0, 0.1) is 0 Å². The molecule has 0 radical (unpaired) electrons. The summed E-state index contributed by atoms with van der Waals surface area (Å²) < 4.78 is 9.54. The van der Waals surface area contributed by atoms with Crippen molar-refractivity contribution in [2.24, 2.45) is 0 Å². The van der Waals surface area contributed by atoms with Gasteiger partial charge >= 0.3 is 5.97 Å². The van der Waals surface area contributed by atoms with Gasteiger partial charge in [-0.3, -0.25) is 4.79 Å². The van der Waals surface area contributed by atoms with Gasteiger partial charge < -0.3 is 31.4 Å². The number of anilines is 3. The van der Waals surface area contributed by atoms with Crippen LogP contribution in [0.4, 0.5) is 17.1 Å². The molecule has 1 amide bonds. The van der Waals surface area contributed by atoms with Gasteiger partial charge in [-0.25, -0.2) is 4.79 Å². The molecule has 0 saturated carbocycles. The molecule has 1 aromatic heterocycles. The number of carbonyl (C=O) groups excluding carboxylic acids is 2. The summed E-state index contributed by atoms with van der Waals surface area (Å²) >= 11 is 1.28. The van der Waals surface area contributed by atoms with Crippen LogP contribution < -0.4 is 21.5 Å². The van der Waals surface area contributed by atoms with Crippen LogP contribution in [0.15, 0.2) is 66.0 Å². The molecule has 4 rings (SSSR count). The van der Waals surface area contributed by atoms with Crippen molar-refractivity contribution >= 4 is 51.0 Å². The second kappa shape index (κ2) is 10.4. The fraction of sp³-hybridized carbons (Fsp3) is 0.0833. The normalized spacial score (nSPS) is 10.1. The summed E-state index contributed by atoms with van der Waals surface area (Å²) in [5, 5.41) is 16.2. The fourth-order valence-corrected chi connectivity index (χ4v) is 3.72. The molecule has 0 unspecified atom stereocenters. The minimum absolute atomic E-state index is 0.136. The molecule has 6 N–H and O–H groups in total. The fourth-order valence-electron chi connectivity index (χ4n) is 2.99. The zero-order chi connectivity index (χ0) is 24.0. The van der Waals surface area contributed by atoms with Crippen molar-refractivity contribution in [1.29, 1.82) is 0 Å². The third kappa shape index (κ3) is 5.34. The van der Waals surface area contributed by atoms with E-state index in [1.807, 2.05) is 18.2 Å². The molecular formula is C24H23N3O5S. The van der Waals surface area contributed by atoms with Crippen LogP contribution in [0.5, 0.6) is 11.5 Å². The standard InChI is InChI=1S/C18H16N2O3.C6H7NO2S/c1-23-13-8-6-12(7-9-13)20-18(22)15-10-11-4-2-3-5-14(11)16(19)17(15)21;1-9-6(8)5-4(7)2-3-10-5/h2-10,21H,19H2,1H3,(H,20,22);2-3H,7H2,1H3. The summed E-state index contributed by atoms with van der Waals surface area (Å²) in [4.78, 5) is 23.7. The SMILES string of the molecule is COC(=O)c1sccc1N.COc1ccc(NC(=O)c2cc3ccccc3c(N)c2O)cc1. The Kier molecular flexibility index (Phi) is 7.37. The number of methoxy groups -OCH3 is 2. The van der Waals surface area contributed by atoms with Gasteiger partial charge in [-0.2, -0.15) is 0 Å². The lowest BCUT2D eigenvalue weighted by molar-refractivity contribution is 0.0607. The Labute approximate surface area is 194 Å². The summed E-state index contributed by atoms with van der Waals surface area (Å²) in [6.07, 6.45) is 0. The number of carbonyl (C=O) groups is 2. The number of nitrogens with two attached hydrogens (primary N) is 2. The number of thiophene rings is 1. The predicted octanol–water partition coefficient (Wildman–Crippen LogP) is 4.51. The summed E-state index contributed by atoms with van der Waals surface area (Å²) in [6, 6.07) is 17.5. The highest BCUT2D eigenvalue weighted by atomic mass is 32.1. The number of benzene rings is 3. The first kappa shape index (κ1) is 23.4. The Morgan fingerprint density at radius 3 is 2.30 bits per heavy atom. The lowest BCUT2D eigenvalue weighted by Gasteiger charge is -2.11. The highest BCUT2D eigenvalue weighted by Crippen LogP contribution is 2.34. The van der Waals surface area contributed by atoms with E-state index in [2.05, 4.69) is 10.1 Å². The molecule has 4 aromatic rings. The molecule has 1 heterocycles. The third-order valence-electron chi connectivity index (χ3n) is 4.72. The zero-order valence-corrected chi connectivity index (χ0v) is 18.8. The Morgan fingerprint density at radius 1 is 1.00 bits per heavy atom. The first-order chi connectivity index (χ1) is 15.8. The second-order valence-electron chi connectivity index (χ2n) is 6.79. The molecule has 0 atom stereocenters. The van der Waals surface area contributed by atoms with E-state index in [-0.39, 0.29) is 23.0 Å². The van der Waals surface area contributed by atoms with Gasteiger partial charge in [0.15, 0.2) is 5.75 Å². The van der Waals surface area contributed by atoms with Gasteiger partial charge in [0.2, 0.25) is 0 Å². The van der Waals surface area contributed by atoms with Crippen molar-refractivity contribution in [3.63, 3.8) is 0 Å². The van der Waals surface area contributed by atoms with Crippen LogP contribution in [0.25, 0.3) is 10.8 Å². The molecule has 170 valence electrons. The van der Waals surface area contributed by atoms with Crippen molar-refractivity contribution < 1.29 is 24.2 Å². The van der Waals surface area contributed by atoms with E-state index < -0.39 is 5.91 Å². The number of hydrogen-bond acceptors (Lipinski definition) is 8. The van der Waals surface area contributed by atoms with Gasteiger partial charge in [-0.15, -0.1) is 11.3 Å². The first-order valence-electron chi connectivity index (χ1n) is 9.72. The maximum Gasteiger partial charge on any atom is 0.350 e. The van der Waals surface area contributed by atoms with E-state index >= 15 is 0 Å². The summed E-state index contributed by atoms with van der Waals surface area (Å²) in [6.45, 7) is 0. The van der Waals surface area contributed by atoms with Crippen LogP contribution in [-0.2, 0) is 4.74 Å². The molecule has 0 aliphatic rings. The quantitative estimate of drug-likeness (QED) is 0.198. The molecule has 0 aliphatic heterocycles. The smallest absolute Gasteiger partial charge is 0.350 e. The Morgan fingerprint density at radius 2 is 1.70 bits per heavy atom. The van der Waals surface area contributed by atoms with Crippen molar-refractivity contribution in [3.8, 4) is 11.5 Å². The van der Waals surface area contributed by atoms with Gasteiger partial charge in [0.25, 0.3) is 5.91 Å². The average molecular weight is 466 g/mol. The van der Waals surface area contributed by atoms with Gasteiger partial charge in [-0.05, 0) is 47.2 Å². The summed E-state index contributed by atoms with van der Waals surface area (Å²) in [7, 11) is 2.91. The zero-order valence-electron chi connectivity index (χ0n) is 18.0. The van der Waals surface area contributed by atoms with Crippen LogP contribution in [0.3, 0.4) is 0 Å². The largest absolute Gasteiger partial charge is 0.505 e. The topological polar surface area (TPSA) is 137 Å². The molecule has 9 heteroatoms. The van der Waals surface area contributed by atoms with E-state index in [1.54, 1.807) is 55.0 Å². The molecule has 0 fully saturated rings. The predicted molar refractivity (Wildman–Crippen MR) is 131 cm³/mol. The van der Waals surface area contributed by atoms with E-state index in [0.29, 0.717) is 27.4 Å². The molecule has 33 heavy (non-hydrogen) atoms. The maximum atomic E-state index is 12.4. The number of esters is 1. The van der Waals surface area contributed by atoms with Crippen LogP contribution in [0.2, 0.25) is 0 Å². The number of nitrogen functional groups attached to an aromatic ring is 2.